The molecule has 2 rings (SSSR count). The predicted octanol–water partition coefficient (Wildman–Crippen LogP) is 0.482. The van der Waals surface area contributed by atoms with Gasteiger partial charge in [0, 0.05) is 44.8 Å². The van der Waals surface area contributed by atoms with Crippen molar-refractivity contribution in [3.05, 3.63) is 42.2 Å². The average Bonchev–Trinajstić information content (AvgIpc) is 2.75. The SMILES string of the molecule is CN(Cc1cnn(C)c1)C(=O)c1cnccn1. The van der Waals surface area contributed by atoms with Crippen LogP contribution in [0.1, 0.15) is 16.1 Å². The van der Waals surface area contributed by atoms with Gasteiger partial charge in [-0.25, -0.2) is 4.98 Å². The molecule has 2 aromatic rings. The minimum atomic E-state index is -0.151. The zero-order valence-electron chi connectivity index (χ0n) is 9.74. The highest BCUT2D eigenvalue weighted by Gasteiger charge is 2.13. The van der Waals surface area contributed by atoms with Crippen molar-refractivity contribution in [2.75, 3.05) is 7.05 Å². The third-order valence-electron chi connectivity index (χ3n) is 2.31. The van der Waals surface area contributed by atoms with E-state index in [4.69, 9.17) is 0 Å². The minimum Gasteiger partial charge on any atom is -0.336 e. The monoisotopic (exact) mass is 231 g/mol. The molecule has 0 fully saturated rings. The summed E-state index contributed by atoms with van der Waals surface area (Å²) in [7, 11) is 3.57. The van der Waals surface area contributed by atoms with Crippen LogP contribution in [-0.2, 0) is 13.6 Å². The van der Waals surface area contributed by atoms with E-state index in [2.05, 4.69) is 15.1 Å². The molecular weight excluding hydrogens is 218 g/mol. The van der Waals surface area contributed by atoms with Crippen molar-refractivity contribution in [2.45, 2.75) is 6.54 Å². The Morgan fingerprint density at radius 2 is 2.24 bits per heavy atom. The predicted molar refractivity (Wildman–Crippen MR) is 61.0 cm³/mol. The first-order valence-corrected chi connectivity index (χ1v) is 5.16. The lowest BCUT2D eigenvalue weighted by molar-refractivity contribution is 0.0779. The molecule has 0 N–H and O–H groups in total. The molecule has 0 aliphatic heterocycles. The van der Waals surface area contributed by atoms with E-state index in [1.807, 2.05) is 13.2 Å². The number of hydrogen-bond acceptors (Lipinski definition) is 4. The Balaban J connectivity index is 2.06. The fraction of sp³-hybridized carbons (Fsp3) is 0.273. The Kier molecular flexibility index (Phi) is 3.13. The minimum absolute atomic E-state index is 0.151. The van der Waals surface area contributed by atoms with Crippen LogP contribution in [0.3, 0.4) is 0 Å². The van der Waals surface area contributed by atoms with Crippen molar-refractivity contribution >= 4 is 5.91 Å². The van der Waals surface area contributed by atoms with Crippen LogP contribution in [0.5, 0.6) is 0 Å². The van der Waals surface area contributed by atoms with Crippen LogP contribution in [0.15, 0.2) is 31.0 Å². The molecule has 0 atom stereocenters. The molecule has 17 heavy (non-hydrogen) atoms. The lowest BCUT2D eigenvalue weighted by atomic mass is 10.3. The summed E-state index contributed by atoms with van der Waals surface area (Å²) in [5.41, 5.74) is 1.33. The third-order valence-corrected chi connectivity index (χ3v) is 2.31. The van der Waals surface area contributed by atoms with Gasteiger partial charge in [0.2, 0.25) is 0 Å². The van der Waals surface area contributed by atoms with Gasteiger partial charge in [-0.3, -0.25) is 14.5 Å². The number of rotatable bonds is 3. The topological polar surface area (TPSA) is 63.9 Å². The zero-order valence-corrected chi connectivity index (χ0v) is 9.74. The highest BCUT2D eigenvalue weighted by atomic mass is 16.2. The standard InChI is InChI=1S/C11H13N5O/c1-15(7-9-5-14-16(2)8-9)11(17)10-6-12-3-4-13-10/h3-6,8H,7H2,1-2H3. The van der Waals surface area contributed by atoms with Gasteiger partial charge in [0.1, 0.15) is 5.69 Å². The number of aromatic nitrogens is 4. The molecule has 0 aromatic carbocycles. The fourth-order valence-electron chi connectivity index (χ4n) is 1.50. The maximum Gasteiger partial charge on any atom is 0.274 e. The number of amides is 1. The second kappa shape index (κ2) is 4.73. The normalized spacial score (nSPS) is 10.2. The molecule has 6 nitrogen and oxygen atoms in total. The summed E-state index contributed by atoms with van der Waals surface area (Å²) >= 11 is 0. The first-order chi connectivity index (χ1) is 8.16. The molecule has 2 aromatic heterocycles. The van der Waals surface area contributed by atoms with Crippen molar-refractivity contribution in [2.24, 2.45) is 7.05 Å². The Hall–Kier alpha value is -2.24. The van der Waals surface area contributed by atoms with Crippen LogP contribution in [0.2, 0.25) is 0 Å². The maximum absolute atomic E-state index is 12.0. The quantitative estimate of drug-likeness (QED) is 0.770. The Morgan fingerprint density at radius 3 is 2.82 bits per heavy atom. The van der Waals surface area contributed by atoms with Crippen molar-refractivity contribution in [1.82, 2.24) is 24.6 Å². The summed E-state index contributed by atoms with van der Waals surface area (Å²) in [5, 5.41) is 4.05. The van der Waals surface area contributed by atoms with E-state index < -0.39 is 0 Å². The van der Waals surface area contributed by atoms with E-state index in [0.717, 1.165) is 5.56 Å². The largest absolute Gasteiger partial charge is 0.336 e. The smallest absolute Gasteiger partial charge is 0.274 e. The van der Waals surface area contributed by atoms with E-state index in [1.54, 1.807) is 22.8 Å². The number of nitrogens with zero attached hydrogens (tertiary/aromatic N) is 5. The first-order valence-electron chi connectivity index (χ1n) is 5.16. The lowest BCUT2D eigenvalue weighted by Crippen LogP contribution is -2.26. The van der Waals surface area contributed by atoms with Crippen LogP contribution < -0.4 is 0 Å². The van der Waals surface area contributed by atoms with E-state index in [1.165, 1.54) is 18.6 Å². The van der Waals surface area contributed by atoms with Gasteiger partial charge < -0.3 is 4.90 Å². The number of aryl methyl sites for hydroxylation is 1. The lowest BCUT2D eigenvalue weighted by Gasteiger charge is -2.15. The molecule has 0 aliphatic rings. The molecule has 0 saturated carbocycles. The van der Waals surface area contributed by atoms with Gasteiger partial charge in [0.05, 0.1) is 12.4 Å². The van der Waals surface area contributed by atoms with Gasteiger partial charge in [0.25, 0.3) is 5.91 Å². The molecular formula is C11H13N5O. The molecule has 0 aliphatic carbocycles. The Morgan fingerprint density at radius 1 is 1.41 bits per heavy atom. The molecule has 0 saturated heterocycles. The maximum atomic E-state index is 12.0. The molecule has 0 bridgehead atoms. The Bertz CT molecular complexity index is 508. The van der Waals surface area contributed by atoms with Gasteiger partial charge in [-0.05, 0) is 0 Å². The van der Waals surface area contributed by atoms with Crippen molar-refractivity contribution in [3.63, 3.8) is 0 Å². The molecule has 2 heterocycles. The number of hydrogen-bond donors (Lipinski definition) is 0. The third kappa shape index (κ3) is 2.66. The summed E-state index contributed by atoms with van der Waals surface area (Å²) in [6.07, 6.45) is 8.12. The molecule has 1 amide bonds. The number of carbonyl (C=O) groups excluding carboxylic acids is 1. The van der Waals surface area contributed by atoms with Gasteiger partial charge in [-0.2, -0.15) is 5.10 Å². The summed E-state index contributed by atoms with van der Waals surface area (Å²) in [6, 6.07) is 0. The summed E-state index contributed by atoms with van der Waals surface area (Å²) in [4.78, 5) is 21.4. The van der Waals surface area contributed by atoms with Crippen LogP contribution in [0.25, 0.3) is 0 Å². The van der Waals surface area contributed by atoms with E-state index in [9.17, 15) is 4.79 Å². The molecule has 88 valence electrons. The van der Waals surface area contributed by atoms with E-state index in [-0.39, 0.29) is 5.91 Å². The summed E-state index contributed by atoms with van der Waals surface area (Å²) in [6.45, 7) is 0.503. The molecule has 0 spiro atoms. The van der Waals surface area contributed by atoms with Crippen molar-refractivity contribution < 1.29 is 4.79 Å². The second-order valence-electron chi connectivity index (χ2n) is 3.77. The molecule has 0 radical (unpaired) electrons. The van der Waals surface area contributed by atoms with Gasteiger partial charge in [-0.1, -0.05) is 0 Å². The van der Waals surface area contributed by atoms with E-state index in [0.29, 0.717) is 12.2 Å². The Labute approximate surface area is 98.9 Å². The summed E-state index contributed by atoms with van der Waals surface area (Å²) < 4.78 is 1.70. The summed E-state index contributed by atoms with van der Waals surface area (Å²) in [5.74, 6) is -0.151. The highest BCUT2D eigenvalue weighted by Crippen LogP contribution is 2.04. The van der Waals surface area contributed by atoms with Gasteiger partial charge in [0.15, 0.2) is 0 Å². The zero-order chi connectivity index (χ0) is 12.3. The van der Waals surface area contributed by atoms with Crippen LogP contribution in [-0.4, -0.2) is 37.6 Å². The molecule has 6 heteroatoms. The fourth-order valence-corrected chi connectivity index (χ4v) is 1.50. The first kappa shape index (κ1) is 11.3. The van der Waals surface area contributed by atoms with Crippen LogP contribution in [0, 0.1) is 0 Å². The van der Waals surface area contributed by atoms with Gasteiger partial charge in [-0.15, -0.1) is 0 Å². The van der Waals surface area contributed by atoms with Crippen molar-refractivity contribution in [3.8, 4) is 0 Å². The number of carbonyl (C=O) groups is 1. The van der Waals surface area contributed by atoms with E-state index >= 15 is 0 Å². The van der Waals surface area contributed by atoms with Crippen molar-refractivity contribution in [1.29, 1.82) is 0 Å². The van der Waals surface area contributed by atoms with Crippen LogP contribution in [0.4, 0.5) is 0 Å². The van der Waals surface area contributed by atoms with Gasteiger partial charge >= 0.3 is 0 Å². The van der Waals surface area contributed by atoms with Crippen LogP contribution >= 0.6 is 0 Å². The second-order valence-corrected chi connectivity index (χ2v) is 3.77. The highest BCUT2D eigenvalue weighted by molar-refractivity contribution is 5.91. The average molecular weight is 231 g/mol. The molecule has 0 unspecified atom stereocenters.